The number of hydrogen-bond donors (Lipinski definition) is 2. The van der Waals surface area contributed by atoms with Gasteiger partial charge >= 0.3 is 11.9 Å². The molecule has 4 N–H and O–H groups in total. The Morgan fingerprint density at radius 2 is 1.07 bits per heavy atom. The fourth-order valence-corrected chi connectivity index (χ4v) is 2.62. The lowest BCUT2D eigenvalue weighted by molar-refractivity contribution is 0.0468. The van der Waals surface area contributed by atoms with Gasteiger partial charge < -0.3 is 20.9 Å². The van der Waals surface area contributed by atoms with Crippen LogP contribution in [-0.4, -0.2) is 37.0 Å². The molecule has 0 unspecified atom stereocenters. The van der Waals surface area contributed by atoms with Crippen molar-refractivity contribution in [1.82, 2.24) is 0 Å². The van der Waals surface area contributed by atoms with Crippen molar-refractivity contribution in [3.8, 4) is 0 Å². The largest absolute Gasteiger partial charge is 0.462 e. The average molecular weight is 412 g/mol. The van der Waals surface area contributed by atoms with Gasteiger partial charge in [0.2, 0.25) is 11.8 Å². The van der Waals surface area contributed by atoms with Gasteiger partial charge in [0.25, 0.3) is 0 Å². The summed E-state index contributed by atoms with van der Waals surface area (Å²) in [5.74, 6) is -1.82. The van der Waals surface area contributed by atoms with Gasteiger partial charge in [-0.05, 0) is 68.1 Å². The number of ether oxygens (including phenoxy) is 2. The van der Waals surface area contributed by atoms with E-state index in [1.165, 1.54) is 18.2 Å². The molecule has 2 heterocycles. The van der Waals surface area contributed by atoms with Crippen molar-refractivity contribution in [2.75, 3.05) is 13.2 Å². The average Bonchev–Trinajstić information content (AvgIpc) is 2.75. The van der Waals surface area contributed by atoms with Crippen LogP contribution in [0.1, 0.15) is 67.1 Å². The summed E-state index contributed by atoms with van der Waals surface area (Å²) in [6.45, 7) is 0.890. The van der Waals surface area contributed by atoms with Crippen molar-refractivity contribution in [3.05, 3.63) is 70.8 Å². The molecule has 2 aromatic rings. The second-order valence-corrected chi connectivity index (χ2v) is 6.57. The van der Waals surface area contributed by atoms with Crippen molar-refractivity contribution in [3.63, 3.8) is 0 Å². The summed E-state index contributed by atoms with van der Waals surface area (Å²) in [5, 5.41) is 0. The molecule has 0 saturated carbocycles. The maximum atomic E-state index is 11.6. The van der Waals surface area contributed by atoms with Crippen LogP contribution in [0.4, 0.5) is 0 Å². The van der Waals surface area contributed by atoms with E-state index in [1.54, 1.807) is 30.3 Å². The van der Waals surface area contributed by atoms with E-state index >= 15 is 0 Å². The van der Waals surface area contributed by atoms with E-state index in [-0.39, 0.29) is 23.1 Å². The molecular weight excluding hydrogens is 388 g/mol. The van der Waals surface area contributed by atoms with Crippen LogP contribution in [0.3, 0.4) is 0 Å². The number of rotatable bonds is 2. The van der Waals surface area contributed by atoms with Gasteiger partial charge in [0.1, 0.15) is 0 Å². The number of benzene rings is 2. The topological polar surface area (TPSA) is 139 Å². The summed E-state index contributed by atoms with van der Waals surface area (Å²) in [4.78, 5) is 44.6. The fraction of sp³-hybridized carbons (Fsp3) is 0.273. The molecule has 0 radical (unpaired) electrons. The van der Waals surface area contributed by atoms with E-state index in [4.69, 9.17) is 20.9 Å². The number of fused-ring (bicyclic) bond motifs is 11. The maximum Gasteiger partial charge on any atom is 0.338 e. The Morgan fingerprint density at radius 3 is 1.43 bits per heavy atom. The van der Waals surface area contributed by atoms with E-state index in [2.05, 4.69) is 0 Å². The van der Waals surface area contributed by atoms with Gasteiger partial charge in [-0.15, -0.1) is 0 Å². The van der Waals surface area contributed by atoms with Crippen molar-refractivity contribution in [2.45, 2.75) is 25.7 Å². The first-order chi connectivity index (χ1) is 14.4. The minimum atomic E-state index is -0.571. The lowest BCUT2D eigenvalue weighted by Crippen LogP contribution is -2.14. The monoisotopic (exact) mass is 412 g/mol. The summed E-state index contributed by atoms with van der Waals surface area (Å²) >= 11 is 0. The van der Waals surface area contributed by atoms with Crippen molar-refractivity contribution in [1.29, 1.82) is 0 Å². The third-order valence-corrected chi connectivity index (χ3v) is 4.29. The fourth-order valence-electron chi connectivity index (χ4n) is 2.62. The molecule has 0 spiro atoms. The van der Waals surface area contributed by atoms with Gasteiger partial charge in [-0.2, -0.15) is 0 Å². The first-order valence-corrected chi connectivity index (χ1v) is 9.52. The molecule has 0 aromatic heterocycles. The lowest BCUT2D eigenvalue weighted by Gasteiger charge is -2.08. The molecule has 30 heavy (non-hydrogen) atoms. The summed E-state index contributed by atoms with van der Waals surface area (Å²) in [6, 6.07) is 12.3. The normalized spacial score (nSPS) is 14.4. The third kappa shape index (κ3) is 7.05. The smallest absolute Gasteiger partial charge is 0.338 e. The third-order valence-electron chi connectivity index (χ3n) is 4.29. The van der Waals surface area contributed by atoms with Crippen LogP contribution in [0.2, 0.25) is 0 Å². The van der Waals surface area contributed by atoms with Crippen LogP contribution < -0.4 is 11.5 Å². The van der Waals surface area contributed by atoms with Gasteiger partial charge in [-0.25, -0.2) is 9.59 Å². The second-order valence-electron chi connectivity index (χ2n) is 6.57. The Bertz CT molecular complexity index is 838. The number of carbonyl (C=O) groups excluding carboxylic acids is 4. The molecule has 8 nitrogen and oxygen atoms in total. The van der Waals surface area contributed by atoms with Crippen molar-refractivity contribution < 1.29 is 28.7 Å². The molecule has 0 saturated heterocycles. The zero-order chi connectivity index (χ0) is 21.9. The number of esters is 2. The summed E-state index contributed by atoms with van der Waals surface area (Å²) in [7, 11) is 0. The summed E-state index contributed by atoms with van der Waals surface area (Å²) < 4.78 is 10.3. The Balaban J connectivity index is 0.000000232. The van der Waals surface area contributed by atoms with Crippen LogP contribution in [0.5, 0.6) is 0 Å². The van der Waals surface area contributed by atoms with Crippen LogP contribution in [0.25, 0.3) is 0 Å². The molecule has 2 amide bonds. The Labute approximate surface area is 174 Å². The van der Waals surface area contributed by atoms with Crippen LogP contribution in [-0.2, 0) is 9.47 Å². The molecule has 2 aromatic carbocycles. The Morgan fingerprint density at radius 1 is 0.667 bits per heavy atom. The van der Waals surface area contributed by atoms with Gasteiger partial charge in [0.05, 0.1) is 24.3 Å². The van der Waals surface area contributed by atoms with Gasteiger partial charge in [-0.3, -0.25) is 9.59 Å². The number of nitrogens with two attached hydrogens (primary N) is 2. The highest BCUT2D eigenvalue weighted by Gasteiger charge is 2.11. The van der Waals surface area contributed by atoms with E-state index in [9.17, 15) is 19.2 Å². The Hall–Kier alpha value is -3.68. The second kappa shape index (κ2) is 11.4. The van der Waals surface area contributed by atoms with Crippen molar-refractivity contribution >= 4 is 23.8 Å². The van der Waals surface area contributed by atoms with E-state index < -0.39 is 11.8 Å². The molecule has 2 aliphatic rings. The first-order valence-electron chi connectivity index (χ1n) is 9.52. The standard InChI is InChI=1S/C14H16O4.C8H8N2O2/c15-13-11-5-7-12(8-6-11)14(16)18-10-4-2-1-3-9-17-13;9-7(11)5-2-1-3-6(4-5)8(10)12/h5-8H,1-4,9-10H2;1-4H,(H2,9,11)(H2,10,12). The molecule has 0 atom stereocenters. The molecule has 0 aliphatic carbocycles. The zero-order valence-corrected chi connectivity index (χ0v) is 16.5. The van der Waals surface area contributed by atoms with Crippen LogP contribution in [0, 0.1) is 0 Å². The minimum Gasteiger partial charge on any atom is -0.462 e. The number of carbonyl (C=O) groups is 4. The molecule has 2 aliphatic heterocycles. The van der Waals surface area contributed by atoms with E-state index in [1.807, 2.05) is 0 Å². The van der Waals surface area contributed by atoms with Crippen molar-refractivity contribution in [2.24, 2.45) is 11.5 Å². The predicted molar refractivity (Wildman–Crippen MR) is 109 cm³/mol. The SMILES string of the molecule is NC(=O)c1cccc(C(N)=O)c1.O=C1OCCCCCCOC(=O)c2ccc1cc2. The maximum absolute atomic E-state index is 11.6. The predicted octanol–water partition coefficient (Wildman–Crippen LogP) is 2.46. The van der Waals surface area contributed by atoms with Crippen LogP contribution in [0.15, 0.2) is 48.5 Å². The highest BCUT2D eigenvalue weighted by molar-refractivity contribution is 5.98. The zero-order valence-electron chi connectivity index (χ0n) is 16.5. The number of primary amides is 2. The van der Waals surface area contributed by atoms with Gasteiger partial charge in [-0.1, -0.05) is 6.07 Å². The highest BCUT2D eigenvalue weighted by atomic mass is 16.5. The number of hydrogen-bond acceptors (Lipinski definition) is 6. The molecule has 0 fully saturated rings. The van der Waals surface area contributed by atoms with E-state index in [0.717, 1.165) is 25.7 Å². The number of amides is 2. The molecule has 8 heteroatoms. The van der Waals surface area contributed by atoms with Gasteiger partial charge in [0.15, 0.2) is 0 Å². The molecule has 2 bridgehead atoms. The van der Waals surface area contributed by atoms with Gasteiger partial charge in [0, 0.05) is 11.1 Å². The summed E-state index contributed by atoms with van der Waals surface area (Å²) in [5.41, 5.74) is 11.5. The summed E-state index contributed by atoms with van der Waals surface area (Å²) in [6.07, 6.45) is 3.64. The molecular formula is C22H24N2O6. The van der Waals surface area contributed by atoms with Crippen LogP contribution >= 0.6 is 0 Å². The highest BCUT2D eigenvalue weighted by Crippen LogP contribution is 2.10. The van der Waals surface area contributed by atoms with E-state index in [0.29, 0.717) is 24.3 Å². The molecule has 158 valence electrons. The lowest BCUT2D eigenvalue weighted by atomic mass is 10.1. The Kier molecular flexibility index (Phi) is 8.56. The molecule has 4 rings (SSSR count). The quantitative estimate of drug-likeness (QED) is 0.727. The minimum absolute atomic E-state index is 0.284. The first kappa shape index (κ1) is 22.6.